The van der Waals surface area contributed by atoms with E-state index in [9.17, 15) is 4.39 Å². The highest BCUT2D eigenvalue weighted by Gasteiger charge is 2.13. The average molecular weight is 343 g/mol. The zero-order valence-corrected chi connectivity index (χ0v) is 13.5. The molecule has 0 aliphatic carbocycles. The predicted molar refractivity (Wildman–Crippen MR) is 87.1 cm³/mol. The molecule has 21 heavy (non-hydrogen) atoms. The van der Waals surface area contributed by atoms with Gasteiger partial charge in [-0.2, -0.15) is 0 Å². The summed E-state index contributed by atoms with van der Waals surface area (Å²) in [6.45, 7) is 0.754. The number of hydrogen-bond acceptors (Lipinski definition) is 2. The van der Waals surface area contributed by atoms with Crippen LogP contribution in [0.5, 0.6) is 0 Å². The monoisotopic (exact) mass is 342 g/mol. The van der Waals surface area contributed by atoms with Crippen molar-refractivity contribution in [2.75, 3.05) is 5.88 Å². The van der Waals surface area contributed by atoms with Crippen molar-refractivity contribution in [3.63, 3.8) is 0 Å². The van der Waals surface area contributed by atoms with Crippen molar-refractivity contribution in [3.8, 4) is 0 Å². The number of alkyl halides is 1. The van der Waals surface area contributed by atoms with E-state index >= 15 is 0 Å². The lowest BCUT2D eigenvalue weighted by Gasteiger charge is -2.08. The van der Waals surface area contributed by atoms with E-state index in [0.29, 0.717) is 17.8 Å². The number of hydrogen-bond donors (Lipinski definition) is 0. The lowest BCUT2D eigenvalue weighted by molar-refractivity contribution is 0.626. The van der Waals surface area contributed by atoms with Gasteiger partial charge in [0.2, 0.25) is 0 Å². The lowest BCUT2D eigenvalue weighted by Crippen LogP contribution is -2.06. The number of halogens is 3. The summed E-state index contributed by atoms with van der Waals surface area (Å²) in [5, 5.41) is 2.16. The van der Waals surface area contributed by atoms with Crippen LogP contribution in [0.1, 0.15) is 10.7 Å². The first kappa shape index (κ1) is 14.8. The van der Waals surface area contributed by atoms with Crippen LogP contribution in [0.15, 0.2) is 29.6 Å². The van der Waals surface area contributed by atoms with Crippen LogP contribution in [0.4, 0.5) is 4.39 Å². The van der Waals surface area contributed by atoms with Gasteiger partial charge in [-0.25, -0.2) is 9.37 Å². The summed E-state index contributed by atoms with van der Waals surface area (Å²) < 4.78 is 15.8. The van der Waals surface area contributed by atoms with Gasteiger partial charge >= 0.3 is 0 Å². The molecule has 0 fully saturated rings. The number of rotatable bonds is 5. The lowest BCUT2D eigenvalue weighted by atomic mass is 10.3. The predicted octanol–water partition coefficient (Wildman–Crippen LogP) is 4.91. The van der Waals surface area contributed by atoms with Crippen LogP contribution < -0.4 is 0 Å². The van der Waals surface area contributed by atoms with Crippen molar-refractivity contribution >= 4 is 45.6 Å². The van der Waals surface area contributed by atoms with Crippen molar-refractivity contribution in [3.05, 3.63) is 51.2 Å². The molecule has 0 bridgehead atoms. The Morgan fingerprint density at radius 1 is 1.29 bits per heavy atom. The minimum Gasteiger partial charge on any atom is -0.328 e. The minimum atomic E-state index is -0.418. The molecule has 0 spiro atoms. The molecule has 6 heteroatoms. The number of benzene rings is 1. The Labute approximate surface area is 136 Å². The molecular weight excluding hydrogens is 330 g/mol. The maximum Gasteiger partial charge on any atom is 0.144 e. The van der Waals surface area contributed by atoms with E-state index in [4.69, 9.17) is 23.2 Å². The topological polar surface area (TPSA) is 17.8 Å². The Bertz CT molecular complexity index is 753. The van der Waals surface area contributed by atoms with Crippen LogP contribution in [0.25, 0.3) is 11.0 Å². The molecule has 0 aliphatic rings. The zero-order valence-electron chi connectivity index (χ0n) is 11.2. The summed E-state index contributed by atoms with van der Waals surface area (Å²) in [5.74, 6) is 0.940. The summed E-state index contributed by atoms with van der Waals surface area (Å²) in [5.41, 5.74) is 1.49. The molecule has 2 aromatic heterocycles. The second kappa shape index (κ2) is 6.34. The van der Waals surface area contributed by atoms with Crippen molar-refractivity contribution in [1.82, 2.24) is 9.55 Å². The Morgan fingerprint density at radius 2 is 2.14 bits per heavy atom. The molecule has 0 aliphatic heterocycles. The molecule has 0 amide bonds. The van der Waals surface area contributed by atoms with E-state index < -0.39 is 5.82 Å². The summed E-state index contributed by atoms with van der Waals surface area (Å²) in [7, 11) is 0. The third kappa shape index (κ3) is 3.07. The first-order chi connectivity index (χ1) is 10.2. The number of thiophene rings is 1. The third-order valence-electron chi connectivity index (χ3n) is 3.35. The standard InChI is InChI=1S/C15H13Cl2FN2S/c16-5-3-15-19-13-8-11(17)12(18)9-14(13)20(15)6-4-10-2-1-7-21-10/h1-2,7-9H,3-6H2. The van der Waals surface area contributed by atoms with Crippen molar-refractivity contribution < 1.29 is 4.39 Å². The maximum atomic E-state index is 13.7. The second-order valence-electron chi connectivity index (χ2n) is 4.70. The zero-order chi connectivity index (χ0) is 14.8. The molecule has 2 nitrogen and oxygen atoms in total. The van der Waals surface area contributed by atoms with Gasteiger partial charge in [-0.1, -0.05) is 17.7 Å². The summed E-state index contributed by atoms with van der Waals surface area (Å²) >= 11 is 13.4. The SMILES string of the molecule is Fc1cc2c(cc1Cl)nc(CCCl)n2CCc1cccs1. The summed E-state index contributed by atoms with van der Waals surface area (Å²) in [6, 6.07) is 7.16. The van der Waals surface area contributed by atoms with Gasteiger partial charge in [-0.05, 0) is 23.9 Å². The summed E-state index contributed by atoms with van der Waals surface area (Å²) in [6.07, 6.45) is 1.54. The first-order valence-corrected chi connectivity index (χ1v) is 8.40. The van der Waals surface area contributed by atoms with E-state index in [-0.39, 0.29) is 5.02 Å². The van der Waals surface area contributed by atoms with Gasteiger partial charge in [0, 0.05) is 29.8 Å². The Kier molecular flexibility index (Phi) is 4.48. The van der Waals surface area contributed by atoms with Gasteiger partial charge in [0.1, 0.15) is 11.6 Å². The van der Waals surface area contributed by atoms with Gasteiger partial charge in [-0.3, -0.25) is 0 Å². The first-order valence-electron chi connectivity index (χ1n) is 6.61. The number of aromatic nitrogens is 2. The van der Waals surface area contributed by atoms with Crippen LogP contribution in [-0.2, 0) is 19.4 Å². The van der Waals surface area contributed by atoms with E-state index in [2.05, 4.69) is 16.4 Å². The van der Waals surface area contributed by atoms with E-state index in [1.807, 2.05) is 10.6 Å². The van der Waals surface area contributed by atoms with Crippen LogP contribution in [0.3, 0.4) is 0 Å². The number of fused-ring (bicyclic) bond motifs is 1. The minimum absolute atomic E-state index is 0.0998. The third-order valence-corrected chi connectivity index (χ3v) is 4.76. The molecule has 0 unspecified atom stereocenters. The fraction of sp³-hybridized carbons (Fsp3) is 0.267. The number of imidazole rings is 1. The summed E-state index contributed by atoms with van der Waals surface area (Å²) in [4.78, 5) is 5.83. The Hall–Kier alpha value is -1.10. The molecule has 3 rings (SSSR count). The van der Waals surface area contributed by atoms with Crippen LogP contribution >= 0.6 is 34.5 Å². The molecule has 2 heterocycles. The van der Waals surface area contributed by atoms with Gasteiger partial charge in [0.05, 0.1) is 16.1 Å². The van der Waals surface area contributed by atoms with Gasteiger partial charge < -0.3 is 4.57 Å². The molecule has 0 N–H and O–H groups in total. The molecule has 1 aromatic carbocycles. The highest BCUT2D eigenvalue weighted by Crippen LogP contribution is 2.25. The molecule has 0 radical (unpaired) electrons. The van der Waals surface area contributed by atoms with Crippen LogP contribution in [0, 0.1) is 5.82 Å². The van der Waals surface area contributed by atoms with Gasteiger partial charge in [-0.15, -0.1) is 22.9 Å². The normalized spacial score (nSPS) is 11.4. The van der Waals surface area contributed by atoms with Gasteiger partial charge in [0.25, 0.3) is 0 Å². The van der Waals surface area contributed by atoms with E-state index in [1.165, 1.54) is 10.9 Å². The Balaban J connectivity index is 2.00. The smallest absolute Gasteiger partial charge is 0.144 e. The molecular formula is C15H13Cl2FN2S. The molecule has 3 aromatic rings. The van der Waals surface area contributed by atoms with Crippen LogP contribution in [-0.4, -0.2) is 15.4 Å². The second-order valence-corrected chi connectivity index (χ2v) is 6.52. The molecule has 0 saturated heterocycles. The highest BCUT2D eigenvalue weighted by atomic mass is 35.5. The van der Waals surface area contributed by atoms with Crippen LogP contribution in [0.2, 0.25) is 5.02 Å². The Morgan fingerprint density at radius 3 is 2.86 bits per heavy atom. The maximum absolute atomic E-state index is 13.7. The van der Waals surface area contributed by atoms with Crippen molar-refractivity contribution in [1.29, 1.82) is 0 Å². The average Bonchev–Trinajstić information content (AvgIpc) is 3.06. The molecule has 110 valence electrons. The largest absolute Gasteiger partial charge is 0.328 e. The fourth-order valence-electron chi connectivity index (χ4n) is 2.37. The fourth-order valence-corrected chi connectivity index (χ4v) is 3.40. The van der Waals surface area contributed by atoms with Gasteiger partial charge in [0.15, 0.2) is 0 Å². The number of aryl methyl sites for hydroxylation is 3. The molecule has 0 saturated carbocycles. The van der Waals surface area contributed by atoms with E-state index in [1.54, 1.807) is 17.4 Å². The highest BCUT2D eigenvalue weighted by molar-refractivity contribution is 7.09. The van der Waals surface area contributed by atoms with E-state index in [0.717, 1.165) is 24.3 Å². The quantitative estimate of drug-likeness (QED) is 0.602. The van der Waals surface area contributed by atoms with Crippen molar-refractivity contribution in [2.24, 2.45) is 0 Å². The van der Waals surface area contributed by atoms with Crippen molar-refractivity contribution in [2.45, 2.75) is 19.4 Å². The molecule has 0 atom stereocenters. The number of nitrogens with zero attached hydrogens (tertiary/aromatic N) is 2.